The third-order valence-corrected chi connectivity index (χ3v) is 6.82. The lowest BCUT2D eigenvalue weighted by molar-refractivity contribution is 0.0612. The van der Waals surface area contributed by atoms with Gasteiger partial charge in [-0.25, -0.2) is 4.39 Å². The topological polar surface area (TPSA) is 71.9 Å². The fourth-order valence-electron chi connectivity index (χ4n) is 4.56. The second-order valence-electron chi connectivity index (χ2n) is 8.45. The summed E-state index contributed by atoms with van der Waals surface area (Å²) < 4.78 is 13.2. The molecule has 2 aromatic carbocycles. The highest BCUT2D eigenvalue weighted by molar-refractivity contribution is 7.81. The van der Waals surface area contributed by atoms with Crippen LogP contribution < -0.4 is 5.32 Å². The van der Waals surface area contributed by atoms with Crippen LogP contribution in [-0.4, -0.2) is 33.2 Å². The van der Waals surface area contributed by atoms with Gasteiger partial charge in [0.1, 0.15) is 11.5 Å². The molecule has 7 heteroatoms. The van der Waals surface area contributed by atoms with Gasteiger partial charge in [0.05, 0.1) is 16.5 Å². The van der Waals surface area contributed by atoms with E-state index in [1.54, 1.807) is 24.3 Å². The standard InChI is InChI=1S/C25H27FN4OS/c1-2-30(24(31)23-13-19-12-18(15-27)7-10-22(19)29-23)21-4-3-11-25(32,14-21)28-16-17-5-8-20(26)9-6-17/h5-10,12-13,21,28-29,32H,2-4,11,14,16H2,1H3/t21-,25?/m0/s1. The number of benzene rings is 2. The third kappa shape index (κ3) is 4.82. The van der Waals surface area contributed by atoms with Gasteiger partial charge in [0, 0.05) is 30.0 Å². The monoisotopic (exact) mass is 450 g/mol. The maximum Gasteiger partial charge on any atom is 0.270 e. The Morgan fingerprint density at radius 1 is 1.31 bits per heavy atom. The van der Waals surface area contributed by atoms with Crippen LogP contribution >= 0.6 is 12.6 Å². The lowest BCUT2D eigenvalue weighted by Crippen LogP contribution is -2.51. The van der Waals surface area contributed by atoms with E-state index in [4.69, 9.17) is 17.9 Å². The lowest BCUT2D eigenvalue weighted by Gasteiger charge is -2.42. The highest BCUT2D eigenvalue weighted by Crippen LogP contribution is 2.35. The number of nitriles is 1. The van der Waals surface area contributed by atoms with E-state index in [0.717, 1.165) is 42.1 Å². The van der Waals surface area contributed by atoms with Gasteiger partial charge >= 0.3 is 0 Å². The maximum absolute atomic E-state index is 13.4. The van der Waals surface area contributed by atoms with Crippen molar-refractivity contribution in [3.63, 3.8) is 0 Å². The molecule has 32 heavy (non-hydrogen) atoms. The van der Waals surface area contributed by atoms with Crippen LogP contribution in [0.5, 0.6) is 0 Å². The van der Waals surface area contributed by atoms with Crippen LogP contribution in [0.2, 0.25) is 0 Å². The summed E-state index contributed by atoms with van der Waals surface area (Å²) in [7, 11) is 0. The highest BCUT2D eigenvalue weighted by atomic mass is 32.1. The molecular weight excluding hydrogens is 423 g/mol. The van der Waals surface area contributed by atoms with Crippen molar-refractivity contribution in [2.45, 2.75) is 50.1 Å². The summed E-state index contributed by atoms with van der Waals surface area (Å²) in [6.45, 7) is 3.19. The van der Waals surface area contributed by atoms with E-state index in [9.17, 15) is 9.18 Å². The Kier molecular flexibility index (Phi) is 6.54. The number of nitrogens with one attached hydrogen (secondary N) is 2. The van der Waals surface area contributed by atoms with Crippen molar-refractivity contribution in [1.29, 1.82) is 5.26 Å². The number of thiol groups is 1. The molecule has 2 atom stereocenters. The molecule has 1 heterocycles. The lowest BCUT2D eigenvalue weighted by atomic mass is 9.88. The first-order chi connectivity index (χ1) is 15.4. The van der Waals surface area contributed by atoms with Crippen LogP contribution in [0.1, 0.15) is 54.2 Å². The number of aromatic amines is 1. The fourth-order valence-corrected chi connectivity index (χ4v) is 5.01. The van der Waals surface area contributed by atoms with E-state index >= 15 is 0 Å². The number of nitrogens with zero attached hydrogens (tertiary/aromatic N) is 2. The van der Waals surface area contributed by atoms with Crippen molar-refractivity contribution in [3.05, 3.63) is 71.2 Å². The van der Waals surface area contributed by atoms with Gasteiger partial charge in [0.15, 0.2) is 0 Å². The van der Waals surface area contributed by atoms with E-state index < -0.39 is 4.87 Å². The van der Waals surface area contributed by atoms with E-state index in [1.165, 1.54) is 12.1 Å². The van der Waals surface area contributed by atoms with Crippen LogP contribution in [0.3, 0.4) is 0 Å². The van der Waals surface area contributed by atoms with Crippen molar-refractivity contribution in [2.75, 3.05) is 6.54 Å². The van der Waals surface area contributed by atoms with Gasteiger partial charge in [0.2, 0.25) is 0 Å². The summed E-state index contributed by atoms with van der Waals surface area (Å²) in [4.78, 5) is 18.1. The molecule has 1 saturated carbocycles. The minimum Gasteiger partial charge on any atom is -0.351 e. The molecule has 1 unspecified atom stereocenters. The van der Waals surface area contributed by atoms with Gasteiger partial charge in [0.25, 0.3) is 5.91 Å². The van der Waals surface area contributed by atoms with Crippen molar-refractivity contribution < 1.29 is 9.18 Å². The minimum atomic E-state index is -0.396. The fraction of sp³-hybridized carbons (Fsp3) is 0.360. The smallest absolute Gasteiger partial charge is 0.270 e. The molecule has 0 spiro atoms. The number of carbonyl (C=O) groups is 1. The summed E-state index contributed by atoms with van der Waals surface area (Å²) in [5.41, 5.74) is 2.95. The van der Waals surface area contributed by atoms with Crippen LogP contribution in [0.4, 0.5) is 4.39 Å². The Bertz CT molecular complexity index is 1150. The predicted molar refractivity (Wildman–Crippen MR) is 127 cm³/mol. The van der Waals surface area contributed by atoms with E-state index in [-0.39, 0.29) is 17.8 Å². The number of rotatable bonds is 6. The highest BCUT2D eigenvalue weighted by Gasteiger charge is 2.37. The van der Waals surface area contributed by atoms with Gasteiger partial charge in [-0.1, -0.05) is 12.1 Å². The van der Waals surface area contributed by atoms with Crippen molar-refractivity contribution in [1.82, 2.24) is 15.2 Å². The molecule has 4 rings (SSSR count). The number of aromatic nitrogens is 1. The molecule has 2 N–H and O–H groups in total. The van der Waals surface area contributed by atoms with Crippen molar-refractivity contribution in [3.8, 4) is 6.07 Å². The number of hydrogen-bond acceptors (Lipinski definition) is 4. The molecule has 5 nitrogen and oxygen atoms in total. The molecular formula is C25H27FN4OS. The first-order valence-corrected chi connectivity index (χ1v) is 11.4. The summed E-state index contributed by atoms with van der Waals surface area (Å²) in [5.74, 6) is -0.284. The summed E-state index contributed by atoms with van der Waals surface area (Å²) in [6, 6.07) is 15.9. The molecule has 0 aliphatic heterocycles. The zero-order valence-corrected chi connectivity index (χ0v) is 19.0. The Labute approximate surface area is 193 Å². The second kappa shape index (κ2) is 9.35. The molecule has 0 bridgehead atoms. The number of hydrogen-bond donors (Lipinski definition) is 3. The Hall–Kier alpha value is -2.82. The number of amides is 1. The molecule has 1 amide bonds. The largest absolute Gasteiger partial charge is 0.351 e. The summed E-state index contributed by atoms with van der Waals surface area (Å²) in [6.07, 6.45) is 3.53. The first kappa shape index (κ1) is 22.4. The maximum atomic E-state index is 13.4. The molecule has 166 valence electrons. The van der Waals surface area contributed by atoms with Crippen LogP contribution in [0, 0.1) is 17.1 Å². The van der Waals surface area contributed by atoms with Gasteiger partial charge in [-0.05, 0) is 74.6 Å². The van der Waals surface area contributed by atoms with Crippen molar-refractivity contribution >= 4 is 29.4 Å². The predicted octanol–water partition coefficient (Wildman–Crippen LogP) is 5.00. The number of H-pyrrole nitrogens is 1. The van der Waals surface area contributed by atoms with Crippen LogP contribution in [0.25, 0.3) is 10.9 Å². The molecule has 1 aromatic heterocycles. The SMILES string of the molecule is CCN(C(=O)c1cc2cc(C#N)ccc2[nH]1)[C@H]1CCCC(S)(NCc2ccc(F)cc2)C1. The number of halogens is 1. The van der Waals surface area contributed by atoms with Gasteiger partial charge in [-0.3, -0.25) is 10.1 Å². The van der Waals surface area contributed by atoms with Gasteiger partial charge in [-0.15, -0.1) is 0 Å². The molecule has 1 aliphatic rings. The van der Waals surface area contributed by atoms with E-state index in [0.29, 0.717) is 24.3 Å². The average molecular weight is 451 g/mol. The van der Waals surface area contributed by atoms with E-state index in [2.05, 4.69) is 16.4 Å². The molecule has 1 fully saturated rings. The Balaban J connectivity index is 1.47. The summed E-state index contributed by atoms with van der Waals surface area (Å²) in [5, 5.41) is 13.5. The molecule has 0 saturated heterocycles. The zero-order chi connectivity index (χ0) is 22.7. The van der Waals surface area contributed by atoms with Crippen LogP contribution in [0.15, 0.2) is 48.5 Å². The minimum absolute atomic E-state index is 0.0386. The van der Waals surface area contributed by atoms with Gasteiger partial charge < -0.3 is 9.88 Å². The first-order valence-electron chi connectivity index (χ1n) is 11.0. The normalized spacial score (nSPS) is 20.8. The van der Waals surface area contributed by atoms with E-state index in [1.807, 2.05) is 24.0 Å². The summed E-state index contributed by atoms with van der Waals surface area (Å²) >= 11 is 4.95. The number of carbonyl (C=O) groups excluding carboxylic acids is 1. The van der Waals surface area contributed by atoms with Crippen molar-refractivity contribution in [2.24, 2.45) is 0 Å². The third-order valence-electron chi connectivity index (χ3n) is 6.26. The van der Waals surface area contributed by atoms with Crippen LogP contribution in [-0.2, 0) is 6.54 Å². The Morgan fingerprint density at radius 3 is 2.81 bits per heavy atom. The molecule has 1 aliphatic carbocycles. The van der Waals surface area contributed by atoms with Gasteiger partial charge in [-0.2, -0.15) is 17.9 Å². The number of fused-ring (bicyclic) bond motifs is 1. The molecule has 0 radical (unpaired) electrons. The molecule has 3 aromatic rings. The zero-order valence-electron chi connectivity index (χ0n) is 18.1. The average Bonchev–Trinajstić information content (AvgIpc) is 3.22. The Morgan fingerprint density at radius 2 is 2.09 bits per heavy atom. The second-order valence-corrected chi connectivity index (χ2v) is 9.31. The quantitative estimate of drug-likeness (QED) is 0.366.